The number of hydrogen-bond donors (Lipinski definition) is 1. The molecule has 0 aliphatic heterocycles. The van der Waals surface area contributed by atoms with Gasteiger partial charge in [0.15, 0.2) is 0 Å². The SMILES string of the molecule is Cn1nnnc1Sc1ccc(C(=O)O)cc1. The van der Waals surface area contributed by atoms with Crippen LogP contribution in [0.15, 0.2) is 34.3 Å². The van der Waals surface area contributed by atoms with Crippen LogP contribution in [-0.2, 0) is 7.05 Å². The molecular formula is C9H8N4O2S. The van der Waals surface area contributed by atoms with Gasteiger partial charge in [-0.25, -0.2) is 9.48 Å². The topological polar surface area (TPSA) is 80.9 Å². The number of hydrogen-bond acceptors (Lipinski definition) is 5. The van der Waals surface area contributed by atoms with Crippen LogP contribution < -0.4 is 0 Å². The summed E-state index contributed by atoms with van der Waals surface area (Å²) in [6.45, 7) is 0. The highest BCUT2D eigenvalue weighted by atomic mass is 32.2. The third-order valence-electron chi connectivity index (χ3n) is 1.89. The van der Waals surface area contributed by atoms with Crippen molar-refractivity contribution in [2.24, 2.45) is 7.05 Å². The maximum atomic E-state index is 10.6. The van der Waals surface area contributed by atoms with Gasteiger partial charge in [0.2, 0.25) is 5.16 Å². The summed E-state index contributed by atoms with van der Waals surface area (Å²) < 4.78 is 1.55. The van der Waals surface area contributed by atoms with Crippen molar-refractivity contribution in [2.75, 3.05) is 0 Å². The molecule has 0 unspecified atom stereocenters. The molecule has 1 heterocycles. The number of nitrogens with zero attached hydrogens (tertiary/aromatic N) is 4. The number of carboxylic acid groups (broad SMARTS) is 1. The van der Waals surface area contributed by atoms with Crippen LogP contribution in [0, 0.1) is 0 Å². The van der Waals surface area contributed by atoms with Crippen molar-refractivity contribution in [3.8, 4) is 0 Å². The Hall–Kier alpha value is -1.89. The summed E-state index contributed by atoms with van der Waals surface area (Å²) in [5.74, 6) is -0.933. The first-order chi connectivity index (χ1) is 7.66. The standard InChI is InChI=1S/C9H8N4O2S/c1-13-9(10-11-12-13)16-7-4-2-6(3-5-7)8(14)15/h2-5H,1H3,(H,14,15). The molecular weight excluding hydrogens is 228 g/mol. The fourth-order valence-corrected chi connectivity index (χ4v) is 1.81. The van der Waals surface area contributed by atoms with Gasteiger partial charge in [-0.15, -0.1) is 5.10 Å². The van der Waals surface area contributed by atoms with E-state index in [1.54, 1.807) is 36.0 Å². The largest absolute Gasteiger partial charge is 0.478 e. The van der Waals surface area contributed by atoms with E-state index in [1.807, 2.05) is 0 Å². The molecule has 82 valence electrons. The molecule has 0 radical (unpaired) electrons. The molecule has 0 saturated heterocycles. The Bertz CT molecular complexity index is 508. The van der Waals surface area contributed by atoms with E-state index in [0.29, 0.717) is 5.16 Å². The van der Waals surface area contributed by atoms with E-state index in [-0.39, 0.29) is 5.56 Å². The van der Waals surface area contributed by atoms with Crippen molar-refractivity contribution >= 4 is 17.7 Å². The molecule has 16 heavy (non-hydrogen) atoms. The smallest absolute Gasteiger partial charge is 0.335 e. The molecule has 0 aliphatic rings. The third-order valence-corrected chi connectivity index (χ3v) is 2.93. The Morgan fingerprint density at radius 3 is 2.56 bits per heavy atom. The van der Waals surface area contributed by atoms with Gasteiger partial charge < -0.3 is 5.11 Å². The molecule has 0 bridgehead atoms. The second-order valence-corrected chi connectivity index (χ2v) is 4.06. The van der Waals surface area contributed by atoms with Gasteiger partial charge in [0.05, 0.1) is 5.56 Å². The van der Waals surface area contributed by atoms with Crippen LogP contribution >= 0.6 is 11.8 Å². The number of carboxylic acids is 1. The number of aromatic nitrogens is 4. The molecule has 2 aromatic rings. The number of aromatic carboxylic acids is 1. The zero-order valence-electron chi connectivity index (χ0n) is 8.36. The highest BCUT2D eigenvalue weighted by Crippen LogP contribution is 2.24. The minimum absolute atomic E-state index is 0.264. The first-order valence-electron chi connectivity index (χ1n) is 4.40. The van der Waals surface area contributed by atoms with Crippen LogP contribution in [0.2, 0.25) is 0 Å². The number of tetrazole rings is 1. The summed E-state index contributed by atoms with van der Waals surface area (Å²) in [7, 11) is 1.74. The van der Waals surface area contributed by atoms with Crippen molar-refractivity contribution in [2.45, 2.75) is 10.1 Å². The maximum Gasteiger partial charge on any atom is 0.335 e. The first kappa shape index (κ1) is 10.6. The van der Waals surface area contributed by atoms with E-state index in [1.165, 1.54) is 11.8 Å². The van der Waals surface area contributed by atoms with Crippen molar-refractivity contribution in [1.82, 2.24) is 20.2 Å². The van der Waals surface area contributed by atoms with Gasteiger partial charge >= 0.3 is 5.97 Å². The molecule has 0 fully saturated rings. The molecule has 1 aromatic carbocycles. The molecule has 6 nitrogen and oxygen atoms in total. The van der Waals surface area contributed by atoms with E-state index in [0.717, 1.165) is 4.90 Å². The second kappa shape index (κ2) is 4.31. The number of carbonyl (C=O) groups is 1. The molecule has 1 aromatic heterocycles. The molecule has 0 spiro atoms. The number of benzene rings is 1. The van der Waals surface area contributed by atoms with Crippen molar-refractivity contribution < 1.29 is 9.90 Å². The van der Waals surface area contributed by atoms with E-state index >= 15 is 0 Å². The fraction of sp³-hybridized carbons (Fsp3) is 0.111. The third kappa shape index (κ3) is 2.19. The van der Waals surface area contributed by atoms with Crippen molar-refractivity contribution in [1.29, 1.82) is 0 Å². The van der Waals surface area contributed by atoms with Crippen molar-refractivity contribution in [3.05, 3.63) is 29.8 Å². The lowest BCUT2D eigenvalue weighted by atomic mass is 10.2. The lowest BCUT2D eigenvalue weighted by Gasteiger charge is -1.99. The zero-order chi connectivity index (χ0) is 11.5. The quantitative estimate of drug-likeness (QED) is 0.858. The van der Waals surface area contributed by atoms with Gasteiger partial charge in [0, 0.05) is 11.9 Å². The highest BCUT2D eigenvalue weighted by Gasteiger charge is 2.06. The lowest BCUT2D eigenvalue weighted by Crippen LogP contribution is -1.95. The monoisotopic (exact) mass is 236 g/mol. The first-order valence-corrected chi connectivity index (χ1v) is 5.22. The summed E-state index contributed by atoms with van der Waals surface area (Å²) in [6, 6.07) is 6.55. The van der Waals surface area contributed by atoms with Gasteiger partial charge in [0.25, 0.3) is 0 Å². The van der Waals surface area contributed by atoms with Crippen LogP contribution in [0.4, 0.5) is 0 Å². The molecule has 7 heteroatoms. The average Bonchev–Trinajstić information content (AvgIpc) is 2.65. The predicted octanol–water partition coefficient (Wildman–Crippen LogP) is 1.06. The summed E-state index contributed by atoms with van der Waals surface area (Å²) >= 11 is 1.38. The van der Waals surface area contributed by atoms with Crippen LogP contribution in [0.3, 0.4) is 0 Å². The van der Waals surface area contributed by atoms with Gasteiger partial charge in [-0.2, -0.15) is 0 Å². The molecule has 0 amide bonds. The van der Waals surface area contributed by atoms with Gasteiger partial charge in [0.1, 0.15) is 0 Å². The summed E-state index contributed by atoms with van der Waals surface area (Å²) in [4.78, 5) is 11.5. The fourth-order valence-electron chi connectivity index (χ4n) is 1.08. The molecule has 0 aliphatic carbocycles. The Kier molecular flexibility index (Phi) is 2.86. The van der Waals surface area contributed by atoms with Gasteiger partial charge in [-0.3, -0.25) is 0 Å². The number of aryl methyl sites for hydroxylation is 1. The van der Waals surface area contributed by atoms with E-state index in [2.05, 4.69) is 15.5 Å². The average molecular weight is 236 g/mol. The normalized spacial score (nSPS) is 10.3. The van der Waals surface area contributed by atoms with Crippen LogP contribution in [-0.4, -0.2) is 31.3 Å². The number of rotatable bonds is 3. The van der Waals surface area contributed by atoms with Gasteiger partial charge in [-0.1, -0.05) is 0 Å². The maximum absolute atomic E-state index is 10.6. The Labute approximate surface area is 95.3 Å². The van der Waals surface area contributed by atoms with Crippen LogP contribution in [0.5, 0.6) is 0 Å². The Balaban J connectivity index is 2.17. The van der Waals surface area contributed by atoms with Gasteiger partial charge in [-0.05, 0) is 46.5 Å². The van der Waals surface area contributed by atoms with Crippen molar-refractivity contribution in [3.63, 3.8) is 0 Å². The minimum atomic E-state index is -0.933. The van der Waals surface area contributed by atoms with E-state index in [9.17, 15) is 4.79 Å². The molecule has 0 saturated carbocycles. The Morgan fingerprint density at radius 2 is 2.06 bits per heavy atom. The Morgan fingerprint density at radius 1 is 1.38 bits per heavy atom. The summed E-state index contributed by atoms with van der Waals surface area (Å²) in [5.41, 5.74) is 0.264. The molecule has 2 rings (SSSR count). The molecule has 0 atom stereocenters. The van der Waals surface area contributed by atoms with Crippen LogP contribution in [0.25, 0.3) is 0 Å². The summed E-state index contributed by atoms with van der Waals surface area (Å²) in [5, 5.41) is 20.4. The zero-order valence-corrected chi connectivity index (χ0v) is 9.18. The van der Waals surface area contributed by atoms with E-state index < -0.39 is 5.97 Å². The lowest BCUT2D eigenvalue weighted by molar-refractivity contribution is 0.0697. The highest BCUT2D eigenvalue weighted by molar-refractivity contribution is 7.99. The minimum Gasteiger partial charge on any atom is -0.478 e. The molecule has 1 N–H and O–H groups in total. The summed E-state index contributed by atoms with van der Waals surface area (Å²) in [6.07, 6.45) is 0. The second-order valence-electron chi connectivity index (χ2n) is 3.02. The van der Waals surface area contributed by atoms with E-state index in [4.69, 9.17) is 5.11 Å². The van der Waals surface area contributed by atoms with Crippen LogP contribution in [0.1, 0.15) is 10.4 Å². The predicted molar refractivity (Wildman–Crippen MR) is 56.3 cm³/mol.